The van der Waals surface area contributed by atoms with Crippen molar-refractivity contribution in [3.63, 3.8) is 0 Å². The summed E-state index contributed by atoms with van der Waals surface area (Å²) in [6.07, 6.45) is 1.64. The molecule has 0 fully saturated rings. The van der Waals surface area contributed by atoms with Gasteiger partial charge in [-0.25, -0.2) is 4.98 Å². The van der Waals surface area contributed by atoms with Crippen LogP contribution < -0.4 is 15.2 Å². The molecule has 0 atom stereocenters. The number of aromatic nitrogens is 2. The third-order valence-corrected chi connectivity index (χ3v) is 2.15. The van der Waals surface area contributed by atoms with E-state index in [2.05, 4.69) is 9.97 Å². The summed E-state index contributed by atoms with van der Waals surface area (Å²) in [6.45, 7) is 1.80. The van der Waals surface area contributed by atoms with Crippen molar-refractivity contribution in [3.8, 4) is 17.4 Å². The first-order valence-electron chi connectivity index (χ1n) is 5.10. The molecule has 2 rings (SSSR count). The fourth-order valence-electron chi connectivity index (χ4n) is 1.37. The van der Waals surface area contributed by atoms with Crippen molar-refractivity contribution >= 4 is 5.69 Å². The topological polar surface area (TPSA) is 70.3 Å². The molecule has 17 heavy (non-hydrogen) atoms. The lowest BCUT2D eigenvalue weighted by atomic mass is 10.3. The highest BCUT2D eigenvalue weighted by Gasteiger charge is 2.06. The lowest BCUT2D eigenvalue weighted by Crippen LogP contribution is -1.95. The van der Waals surface area contributed by atoms with Crippen LogP contribution in [0, 0.1) is 6.92 Å². The predicted octanol–water partition coefficient (Wildman–Crippen LogP) is 2.17. The van der Waals surface area contributed by atoms with Gasteiger partial charge in [0.05, 0.1) is 7.11 Å². The van der Waals surface area contributed by atoms with E-state index >= 15 is 0 Å². The van der Waals surface area contributed by atoms with E-state index in [9.17, 15) is 0 Å². The molecule has 0 radical (unpaired) electrons. The number of ether oxygens (including phenoxy) is 2. The van der Waals surface area contributed by atoms with E-state index in [-0.39, 0.29) is 0 Å². The van der Waals surface area contributed by atoms with Crippen LogP contribution in [0.25, 0.3) is 0 Å². The van der Waals surface area contributed by atoms with Crippen molar-refractivity contribution < 1.29 is 9.47 Å². The quantitative estimate of drug-likeness (QED) is 0.820. The molecule has 1 aromatic carbocycles. The molecule has 2 aromatic rings. The number of nitrogen functional groups attached to an aromatic ring is 1. The molecule has 5 heteroatoms. The number of anilines is 1. The van der Waals surface area contributed by atoms with Crippen molar-refractivity contribution in [2.75, 3.05) is 12.8 Å². The second-order valence-electron chi connectivity index (χ2n) is 3.45. The Morgan fingerprint density at radius 2 is 2.00 bits per heavy atom. The summed E-state index contributed by atoms with van der Waals surface area (Å²) in [5.41, 5.74) is 6.28. The summed E-state index contributed by atoms with van der Waals surface area (Å²) in [5.74, 6) is 2.26. The van der Waals surface area contributed by atoms with Gasteiger partial charge in [-0.1, -0.05) is 0 Å². The maximum absolute atomic E-state index is 5.66. The van der Waals surface area contributed by atoms with Crippen molar-refractivity contribution in [1.29, 1.82) is 0 Å². The van der Waals surface area contributed by atoms with Crippen LogP contribution >= 0.6 is 0 Å². The normalized spacial score (nSPS) is 10.0. The van der Waals surface area contributed by atoms with Crippen LogP contribution in [0.5, 0.6) is 17.4 Å². The van der Waals surface area contributed by atoms with Gasteiger partial charge in [0.2, 0.25) is 5.88 Å². The zero-order chi connectivity index (χ0) is 12.3. The zero-order valence-corrected chi connectivity index (χ0v) is 9.68. The van der Waals surface area contributed by atoms with Crippen LogP contribution in [0.4, 0.5) is 5.69 Å². The lowest BCUT2D eigenvalue weighted by molar-refractivity contribution is 0.374. The molecule has 0 saturated carbocycles. The van der Waals surface area contributed by atoms with Crippen LogP contribution in [0.15, 0.2) is 30.5 Å². The number of hydrogen-bond acceptors (Lipinski definition) is 5. The molecular formula is C12H13N3O2. The first kappa shape index (κ1) is 11.2. The molecule has 0 unspecified atom stereocenters. The largest absolute Gasteiger partial charge is 0.493 e. The number of methoxy groups -OCH3 is 1. The number of rotatable bonds is 3. The van der Waals surface area contributed by atoms with E-state index in [1.54, 1.807) is 44.5 Å². The van der Waals surface area contributed by atoms with Crippen LogP contribution in [0.2, 0.25) is 0 Å². The Bertz CT molecular complexity index is 529. The Labute approximate surface area is 99.2 Å². The summed E-state index contributed by atoms with van der Waals surface area (Å²) in [6, 6.07) is 6.86. The minimum Gasteiger partial charge on any atom is -0.493 e. The molecule has 2 N–H and O–H groups in total. The maximum Gasteiger partial charge on any atom is 0.222 e. The number of nitrogens with two attached hydrogens (primary N) is 1. The van der Waals surface area contributed by atoms with Gasteiger partial charge in [0, 0.05) is 24.0 Å². The Morgan fingerprint density at radius 3 is 2.71 bits per heavy atom. The molecule has 5 nitrogen and oxygen atoms in total. The Kier molecular flexibility index (Phi) is 3.09. The molecule has 88 valence electrons. The first-order chi connectivity index (χ1) is 8.19. The molecule has 1 aromatic heterocycles. The SMILES string of the molecule is COc1cc(N)ccc1Oc1ccnc(C)n1. The third kappa shape index (κ3) is 2.63. The van der Waals surface area contributed by atoms with Crippen LogP contribution in [0.1, 0.15) is 5.82 Å². The number of benzene rings is 1. The molecule has 0 aliphatic heterocycles. The summed E-state index contributed by atoms with van der Waals surface area (Å²) in [4.78, 5) is 8.14. The van der Waals surface area contributed by atoms with E-state index < -0.39 is 0 Å². The monoisotopic (exact) mass is 231 g/mol. The summed E-state index contributed by atoms with van der Waals surface area (Å²) >= 11 is 0. The van der Waals surface area contributed by atoms with E-state index in [4.69, 9.17) is 15.2 Å². The zero-order valence-electron chi connectivity index (χ0n) is 9.68. The fraction of sp³-hybridized carbons (Fsp3) is 0.167. The van der Waals surface area contributed by atoms with Crippen molar-refractivity contribution in [1.82, 2.24) is 9.97 Å². The Balaban J connectivity index is 2.29. The summed E-state index contributed by atoms with van der Waals surface area (Å²) < 4.78 is 10.8. The van der Waals surface area contributed by atoms with Crippen LogP contribution in [0.3, 0.4) is 0 Å². The molecule has 0 saturated heterocycles. The standard InChI is InChI=1S/C12H13N3O2/c1-8-14-6-5-12(15-8)17-10-4-3-9(13)7-11(10)16-2/h3-7H,13H2,1-2H3. The average molecular weight is 231 g/mol. The van der Waals surface area contributed by atoms with Gasteiger partial charge >= 0.3 is 0 Å². The van der Waals surface area contributed by atoms with Crippen LogP contribution in [-0.4, -0.2) is 17.1 Å². The minimum atomic E-state index is 0.473. The van der Waals surface area contributed by atoms with Gasteiger partial charge < -0.3 is 15.2 Å². The smallest absolute Gasteiger partial charge is 0.222 e. The lowest BCUT2D eigenvalue weighted by Gasteiger charge is -2.10. The predicted molar refractivity (Wildman–Crippen MR) is 64.2 cm³/mol. The van der Waals surface area contributed by atoms with Gasteiger partial charge in [-0.15, -0.1) is 0 Å². The molecule has 0 spiro atoms. The van der Waals surface area contributed by atoms with E-state index in [1.165, 1.54) is 0 Å². The second-order valence-corrected chi connectivity index (χ2v) is 3.45. The summed E-state index contributed by atoms with van der Waals surface area (Å²) in [5, 5.41) is 0. The van der Waals surface area contributed by atoms with Crippen molar-refractivity contribution in [2.24, 2.45) is 0 Å². The molecular weight excluding hydrogens is 218 g/mol. The van der Waals surface area contributed by atoms with Crippen molar-refractivity contribution in [2.45, 2.75) is 6.92 Å². The van der Waals surface area contributed by atoms with Crippen molar-refractivity contribution in [3.05, 3.63) is 36.3 Å². The average Bonchev–Trinajstić information content (AvgIpc) is 2.31. The number of hydrogen-bond donors (Lipinski definition) is 1. The highest BCUT2D eigenvalue weighted by Crippen LogP contribution is 2.32. The third-order valence-electron chi connectivity index (χ3n) is 2.15. The van der Waals surface area contributed by atoms with Gasteiger partial charge in [-0.2, -0.15) is 4.98 Å². The minimum absolute atomic E-state index is 0.473. The van der Waals surface area contributed by atoms with Gasteiger partial charge in [0.1, 0.15) is 5.82 Å². The summed E-state index contributed by atoms with van der Waals surface area (Å²) in [7, 11) is 1.56. The van der Waals surface area contributed by atoms with Gasteiger partial charge in [-0.3, -0.25) is 0 Å². The molecule has 0 aliphatic rings. The maximum atomic E-state index is 5.66. The number of nitrogens with zero attached hydrogens (tertiary/aromatic N) is 2. The Morgan fingerprint density at radius 1 is 1.18 bits per heavy atom. The van der Waals surface area contributed by atoms with Gasteiger partial charge in [0.15, 0.2) is 11.5 Å². The highest BCUT2D eigenvalue weighted by molar-refractivity contribution is 5.52. The Hall–Kier alpha value is -2.30. The van der Waals surface area contributed by atoms with Gasteiger partial charge in [0.25, 0.3) is 0 Å². The number of aryl methyl sites for hydroxylation is 1. The first-order valence-corrected chi connectivity index (χ1v) is 5.10. The van der Waals surface area contributed by atoms with Crippen LogP contribution in [-0.2, 0) is 0 Å². The molecule has 0 bridgehead atoms. The molecule has 1 heterocycles. The van der Waals surface area contributed by atoms with E-state index in [1.807, 2.05) is 0 Å². The molecule has 0 aliphatic carbocycles. The van der Waals surface area contributed by atoms with E-state index in [0.717, 1.165) is 0 Å². The van der Waals surface area contributed by atoms with Gasteiger partial charge in [-0.05, 0) is 19.1 Å². The second kappa shape index (κ2) is 4.69. The highest BCUT2D eigenvalue weighted by atomic mass is 16.5. The van der Waals surface area contributed by atoms with E-state index in [0.29, 0.717) is 28.9 Å². The fourth-order valence-corrected chi connectivity index (χ4v) is 1.37. The molecule has 0 amide bonds.